The zero-order valence-corrected chi connectivity index (χ0v) is 18.2. The van der Waals surface area contributed by atoms with Gasteiger partial charge in [0.15, 0.2) is 0 Å². The highest BCUT2D eigenvalue weighted by atomic mass is 35.5. The maximum atomic E-state index is 13.0. The number of urea groups is 1. The Morgan fingerprint density at radius 2 is 2.03 bits per heavy atom. The van der Waals surface area contributed by atoms with Gasteiger partial charge in [0.05, 0.1) is 11.7 Å². The van der Waals surface area contributed by atoms with Crippen molar-refractivity contribution in [2.24, 2.45) is 0 Å². The predicted molar refractivity (Wildman–Crippen MR) is 121 cm³/mol. The molecule has 6 heteroatoms. The van der Waals surface area contributed by atoms with Gasteiger partial charge in [0.2, 0.25) is 0 Å². The molecule has 1 unspecified atom stereocenters. The first-order valence-electron chi connectivity index (χ1n) is 10.3. The predicted octanol–water partition coefficient (Wildman–Crippen LogP) is 6.40. The van der Waals surface area contributed by atoms with E-state index in [0.717, 1.165) is 46.3 Å². The van der Waals surface area contributed by atoms with Crippen LogP contribution in [-0.4, -0.2) is 16.6 Å². The first kappa shape index (κ1) is 20.5. The molecule has 1 aliphatic rings. The maximum absolute atomic E-state index is 13.0. The lowest BCUT2D eigenvalue weighted by molar-refractivity contribution is 0.0247. The summed E-state index contributed by atoms with van der Waals surface area (Å²) < 4.78 is 6.34. The van der Waals surface area contributed by atoms with Crippen LogP contribution in [-0.2, 0) is 0 Å². The highest BCUT2D eigenvalue weighted by Crippen LogP contribution is 2.43. The minimum atomic E-state index is -0.322. The molecule has 5 nitrogen and oxygen atoms in total. The summed E-state index contributed by atoms with van der Waals surface area (Å²) in [5.41, 5.74) is 2.29. The molecule has 4 rings (SSSR count). The quantitative estimate of drug-likeness (QED) is 0.510. The molecule has 0 aliphatic carbocycles. The molecule has 30 heavy (non-hydrogen) atoms. The molecule has 1 aromatic heterocycles. The van der Waals surface area contributed by atoms with Gasteiger partial charge < -0.3 is 15.4 Å². The van der Waals surface area contributed by atoms with Crippen molar-refractivity contribution >= 4 is 34.1 Å². The van der Waals surface area contributed by atoms with Gasteiger partial charge >= 0.3 is 6.03 Å². The molecule has 2 aromatic carbocycles. The fourth-order valence-corrected chi connectivity index (χ4v) is 4.32. The van der Waals surface area contributed by atoms with Crippen LogP contribution in [0.4, 0.5) is 10.5 Å². The number of nitrogens with one attached hydrogen (secondary N) is 2. The minimum Gasteiger partial charge on any atom is -0.487 e. The van der Waals surface area contributed by atoms with Crippen LogP contribution in [0, 0.1) is 6.92 Å². The number of amides is 2. The van der Waals surface area contributed by atoms with Gasteiger partial charge in [-0.05, 0) is 44.0 Å². The zero-order chi connectivity index (χ0) is 21.3. The van der Waals surface area contributed by atoms with Crippen molar-refractivity contribution in [2.45, 2.75) is 51.7 Å². The monoisotopic (exact) mass is 423 g/mol. The lowest BCUT2D eigenvalue weighted by Crippen LogP contribution is -2.45. The number of aryl methyl sites for hydroxylation is 1. The Kier molecular flexibility index (Phi) is 5.56. The number of carbonyl (C=O) groups excluding carboxylic acids is 1. The summed E-state index contributed by atoms with van der Waals surface area (Å²) in [7, 11) is 0. The maximum Gasteiger partial charge on any atom is 0.319 e. The second kappa shape index (κ2) is 8.15. The van der Waals surface area contributed by atoms with Crippen molar-refractivity contribution in [1.82, 2.24) is 10.3 Å². The first-order valence-corrected chi connectivity index (χ1v) is 10.7. The molecule has 156 valence electrons. The average molecular weight is 424 g/mol. The van der Waals surface area contributed by atoms with Gasteiger partial charge in [0.25, 0.3) is 0 Å². The van der Waals surface area contributed by atoms with Gasteiger partial charge in [-0.2, -0.15) is 0 Å². The van der Waals surface area contributed by atoms with Gasteiger partial charge in [-0.1, -0.05) is 43.6 Å². The number of anilines is 1. The first-order chi connectivity index (χ1) is 14.4. The van der Waals surface area contributed by atoms with Gasteiger partial charge in [0, 0.05) is 39.7 Å². The fourth-order valence-electron chi connectivity index (χ4n) is 4.15. The largest absolute Gasteiger partial charge is 0.487 e. The molecule has 1 atom stereocenters. The van der Waals surface area contributed by atoms with Crippen molar-refractivity contribution in [1.29, 1.82) is 0 Å². The van der Waals surface area contributed by atoms with Crippen LogP contribution < -0.4 is 15.4 Å². The van der Waals surface area contributed by atoms with Crippen LogP contribution in [0.2, 0.25) is 5.02 Å². The van der Waals surface area contributed by atoms with E-state index in [9.17, 15) is 4.79 Å². The SMILES string of the molecule is CCC1(CC)CC(NC(=O)Nc2cccc3cnc(C)cc23)c2ccc(Cl)cc2O1. The van der Waals surface area contributed by atoms with E-state index in [-0.39, 0.29) is 17.7 Å². The summed E-state index contributed by atoms with van der Waals surface area (Å²) in [4.78, 5) is 17.3. The zero-order valence-electron chi connectivity index (χ0n) is 17.5. The normalized spacial score (nSPS) is 17.1. The number of halogens is 1. The van der Waals surface area contributed by atoms with Crippen LogP contribution in [0.15, 0.2) is 48.7 Å². The Hall–Kier alpha value is -2.79. The second-order valence-electron chi connectivity index (χ2n) is 7.88. The number of pyridine rings is 1. The van der Waals surface area contributed by atoms with Gasteiger partial charge in [-0.3, -0.25) is 4.98 Å². The Morgan fingerprint density at radius 1 is 1.23 bits per heavy atom. The van der Waals surface area contributed by atoms with Crippen LogP contribution in [0.1, 0.15) is 50.4 Å². The number of hydrogen-bond donors (Lipinski definition) is 2. The molecule has 0 radical (unpaired) electrons. The van der Waals surface area contributed by atoms with Crippen molar-refractivity contribution in [3.05, 3.63) is 64.9 Å². The standard InChI is InChI=1S/C24H26ClN3O2/c1-4-24(5-2)13-21(18-10-9-17(25)12-22(18)30-24)28-23(29)27-20-8-6-7-16-14-26-15(3)11-19(16)20/h6-12,14,21H,4-5,13H2,1-3H3,(H2,27,28,29). The minimum absolute atomic E-state index is 0.163. The average Bonchev–Trinajstić information content (AvgIpc) is 2.73. The van der Waals surface area contributed by atoms with Crippen LogP contribution >= 0.6 is 11.6 Å². The van der Waals surface area contributed by atoms with Gasteiger partial charge in [-0.25, -0.2) is 4.79 Å². The van der Waals surface area contributed by atoms with E-state index < -0.39 is 0 Å². The van der Waals surface area contributed by atoms with E-state index in [0.29, 0.717) is 11.4 Å². The lowest BCUT2D eigenvalue weighted by atomic mass is 9.83. The summed E-state index contributed by atoms with van der Waals surface area (Å²) in [6.45, 7) is 6.17. The number of nitrogens with zero attached hydrogens (tertiary/aromatic N) is 1. The molecule has 3 aromatic rings. The molecule has 2 N–H and O–H groups in total. The molecule has 2 amide bonds. The second-order valence-corrected chi connectivity index (χ2v) is 8.32. The van der Waals surface area contributed by atoms with Crippen LogP contribution in [0.25, 0.3) is 10.8 Å². The van der Waals surface area contributed by atoms with Gasteiger partial charge in [0.1, 0.15) is 11.4 Å². The molecular formula is C24H26ClN3O2. The van der Waals surface area contributed by atoms with E-state index in [1.165, 1.54) is 0 Å². The molecule has 0 spiro atoms. The summed E-state index contributed by atoms with van der Waals surface area (Å²) in [5, 5.41) is 8.76. The lowest BCUT2D eigenvalue weighted by Gasteiger charge is -2.41. The topological polar surface area (TPSA) is 63.2 Å². The van der Waals surface area contributed by atoms with Crippen LogP contribution in [0.5, 0.6) is 5.75 Å². The Balaban J connectivity index is 1.61. The fraction of sp³-hybridized carbons (Fsp3) is 0.333. The number of fused-ring (bicyclic) bond motifs is 2. The Labute approximate surface area is 181 Å². The number of aromatic nitrogens is 1. The van der Waals surface area contributed by atoms with Crippen LogP contribution in [0.3, 0.4) is 0 Å². The van der Waals surface area contributed by atoms with E-state index in [1.807, 2.05) is 55.6 Å². The molecular weight excluding hydrogens is 398 g/mol. The van der Waals surface area contributed by atoms with E-state index in [2.05, 4.69) is 29.5 Å². The Bertz CT molecular complexity index is 1100. The number of rotatable bonds is 4. The third kappa shape index (κ3) is 3.94. The molecule has 0 fully saturated rings. The van der Waals surface area contributed by atoms with Crippen molar-refractivity contribution in [2.75, 3.05) is 5.32 Å². The third-order valence-corrected chi connectivity index (χ3v) is 6.23. The summed E-state index contributed by atoms with van der Waals surface area (Å²) >= 11 is 6.20. The molecule has 0 saturated heterocycles. The summed E-state index contributed by atoms with van der Waals surface area (Å²) in [6, 6.07) is 13.0. The Morgan fingerprint density at radius 3 is 2.80 bits per heavy atom. The molecule has 1 aliphatic heterocycles. The summed E-state index contributed by atoms with van der Waals surface area (Å²) in [6.07, 6.45) is 4.24. The molecule has 0 bridgehead atoms. The smallest absolute Gasteiger partial charge is 0.319 e. The number of hydrogen-bond acceptors (Lipinski definition) is 3. The number of carbonyl (C=O) groups is 1. The number of ether oxygens (including phenoxy) is 1. The van der Waals surface area contributed by atoms with E-state index in [4.69, 9.17) is 16.3 Å². The van der Waals surface area contributed by atoms with Gasteiger partial charge in [-0.15, -0.1) is 0 Å². The summed E-state index contributed by atoms with van der Waals surface area (Å²) in [5.74, 6) is 0.745. The van der Waals surface area contributed by atoms with Crippen molar-refractivity contribution in [3.8, 4) is 5.75 Å². The van der Waals surface area contributed by atoms with E-state index >= 15 is 0 Å². The number of benzene rings is 2. The highest BCUT2D eigenvalue weighted by Gasteiger charge is 2.39. The highest BCUT2D eigenvalue weighted by molar-refractivity contribution is 6.30. The van der Waals surface area contributed by atoms with E-state index in [1.54, 1.807) is 0 Å². The third-order valence-electron chi connectivity index (χ3n) is 6.00. The van der Waals surface area contributed by atoms with Crippen molar-refractivity contribution in [3.63, 3.8) is 0 Å². The molecule has 0 saturated carbocycles. The van der Waals surface area contributed by atoms with Crippen molar-refractivity contribution < 1.29 is 9.53 Å². The molecule has 2 heterocycles.